The molecule has 18 heavy (non-hydrogen) atoms. The first kappa shape index (κ1) is 14.6. The van der Waals surface area contributed by atoms with Crippen molar-refractivity contribution in [2.75, 3.05) is 19.8 Å². The van der Waals surface area contributed by atoms with Crippen LogP contribution in [0.15, 0.2) is 18.2 Å². The Kier molecular flexibility index (Phi) is 6.98. The van der Waals surface area contributed by atoms with Gasteiger partial charge in [0.2, 0.25) is 0 Å². The van der Waals surface area contributed by atoms with Gasteiger partial charge in [-0.1, -0.05) is 19.4 Å². The topological polar surface area (TPSA) is 71.5 Å². The molecule has 0 saturated heterocycles. The normalized spacial score (nSPS) is 10.5. The average molecular weight is 252 g/mol. The van der Waals surface area contributed by atoms with Gasteiger partial charge < -0.3 is 15.2 Å². The molecule has 1 heterocycles. The van der Waals surface area contributed by atoms with E-state index in [4.69, 9.17) is 9.84 Å². The van der Waals surface area contributed by atoms with Crippen LogP contribution in [0.1, 0.15) is 35.9 Å². The summed E-state index contributed by atoms with van der Waals surface area (Å²) in [6.45, 7) is 4.88. The van der Waals surface area contributed by atoms with E-state index in [-0.39, 0.29) is 5.69 Å². The molecule has 0 aliphatic carbocycles. The van der Waals surface area contributed by atoms with Crippen molar-refractivity contribution in [2.24, 2.45) is 0 Å². The van der Waals surface area contributed by atoms with Crippen molar-refractivity contribution in [1.29, 1.82) is 0 Å². The third-order valence-corrected chi connectivity index (χ3v) is 2.40. The van der Waals surface area contributed by atoms with E-state index < -0.39 is 5.97 Å². The summed E-state index contributed by atoms with van der Waals surface area (Å²) < 4.78 is 5.40. The molecule has 0 atom stereocenters. The molecular weight excluding hydrogens is 232 g/mol. The first-order chi connectivity index (χ1) is 8.74. The summed E-state index contributed by atoms with van der Waals surface area (Å²) in [6.07, 6.45) is 2.22. The number of hydrogen-bond acceptors (Lipinski definition) is 4. The van der Waals surface area contributed by atoms with E-state index in [0.717, 1.165) is 31.7 Å². The maximum Gasteiger partial charge on any atom is 0.354 e. The largest absolute Gasteiger partial charge is 0.477 e. The van der Waals surface area contributed by atoms with Crippen LogP contribution >= 0.6 is 0 Å². The minimum absolute atomic E-state index is 0.0773. The summed E-state index contributed by atoms with van der Waals surface area (Å²) in [4.78, 5) is 14.7. The van der Waals surface area contributed by atoms with Gasteiger partial charge in [0.25, 0.3) is 0 Å². The summed E-state index contributed by atoms with van der Waals surface area (Å²) >= 11 is 0. The van der Waals surface area contributed by atoms with Crippen molar-refractivity contribution in [1.82, 2.24) is 10.3 Å². The van der Waals surface area contributed by atoms with E-state index >= 15 is 0 Å². The zero-order valence-corrected chi connectivity index (χ0v) is 10.7. The number of nitrogens with one attached hydrogen (secondary N) is 1. The van der Waals surface area contributed by atoms with Crippen molar-refractivity contribution in [2.45, 2.75) is 26.3 Å². The summed E-state index contributed by atoms with van der Waals surface area (Å²) in [7, 11) is 0. The fraction of sp³-hybridized carbons (Fsp3) is 0.538. The van der Waals surface area contributed by atoms with Gasteiger partial charge in [-0.05, 0) is 18.6 Å². The predicted octanol–water partition coefficient (Wildman–Crippen LogP) is 1.69. The lowest BCUT2D eigenvalue weighted by Crippen LogP contribution is -2.20. The maximum absolute atomic E-state index is 10.7. The Morgan fingerprint density at radius 2 is 2.28 bits per heavy atom. The number of rotatable bonds is 9. The molecule has 0 spiro atoms. The van der Waals surface area contributed by atoms with Gasteiger partial charge in [-0.3, -0.25) is 0 Å². The van der Waals surface area contributed by atoms with Gasteiger partial charge in [-0.15, -0.1) is 0 Å². The molecule has 1 rings (SSSR count). The highest BCUT2D eigenvalue weighted by Gasteiger charge is 2.04. The van der Waals surface area contributed by atoms with Gasteiger partial charge in [0, 0.05) is 19.7 Å². The van der Waals surface area contributed by atoms with Crippen LogP contribution in [0.2, 0.25) is 0 Å². The molecule has 0 bridgehead atoms. The predicted molar refractivity (Wildman–Crippen MR) is 68.6 cm³/mol. The smallest absolute Gasteiger partial charge is 0.354 e. The van der Waals surface area contributed by atoms with Crippen molar-refractivity contribution in [3.63, 3.8) is 0 Å². The second kappa shape index (κ2) is 8.60. The van der Waals surface area contributed by atoms with Crippen LogP contribution in [-0.4, -0.2) is 35.8 Å². The Labute approximate surface area is 107 Å². The fourth-order valence-electron chi connectivity index (χ4n) is 1.41. The Balaban J connectivity index is 2.19. The molecule has 100 valence electrons. The Morgan fingerprint density at radius 1 is 1.44 bits per heavy atom. The number of aromatic nitrogens is 1. The van der Waals surface area contributed by atoms with Crippen LogP contribution in [0.25, 0.3) is 0 Å². The van der Waals surface area contributed by atoms with Crippen LogP contribution in [0.4, 0.5) is 0 Å². The molecule has 0 fully saturated rings. The van der Waals surface area contributed by atoms with Crippen LogP contribution < -0.4 is 5.32 Å². The minimum atomic E-state index is -1.00. The van der Waals surface area contributed by atoms with Crippen molar-refractivity contribution < 1.29 is 14.6 Å². The van der Waals surface area contributed by atoms with Gasteiger partial charge in [0.15, 0.2) is 0 Å². The lowest BCUT2D eigenvalue weighted by molar-refractivity contribution is 0.0690. The standard InChI is InChI=1S/C13H20N2O3/c1-2-3-8-18-9-7-14-10-11-5-4-6-12(15-11)13(16)17/h4-6,14H,2-3,7-10H2,1H3,(H,16,17). The Bertz CT molecular complexity index is 369. The number of carboxylic acid groups (broad SMARTS) is 1. The molecule has 0 amide bonds. The van der Waals surface area contributed by atoms with Crippen molar-refractivity contribution in [3.05, 3.63) is 29.6 Å². The molecule has 1 aromatic heterocycles. The van der Waals surface area contributed by atoms with E-state index in [1.807, 2.05) is 0 Å². The number of carbonyl (C=O) groups is 1. The second-order valence-corrected chi connectivity index (χ2v) is 3.96. The van der Waals surface area contributed by atoms with Gasteiger partial charge in [0.1, 0.15) is 5.69 Å². The summed E-state index contributed by atoms with van der Waals surface area (Å²) in [5, 5.41) is 12.0. The SMILES string of the molecule is CCCCOCCNCc1cccc(C(=O)O)n1. The number of unbranched alkanes of at least 4 members (excludes halogenated alkanes) is 1. The fourth-order valence-corrected chi connectivity index (χ4v) is 1.41. The number of carboxylic acids is 1. The van der Waals surface area contributed by atoms with Crippen LogP contribution in [0.3, 0.4) is 0 Å². The summed E-state index contributed by atoms with van der Waals surface area (Å²) in [6, 6.07) is 4.99. The summed E-state index contributed by atoms with van der Waals surface area (Å²) in [5.74, 6) is -1.00. The monoisotopic (exact) mass is 252 g/mol. The molecule has 0 aliphatic rings. The minimum Gasteiger partial charge on any atom is -0.477 e. The number of nitrogens with zero attached hydrogens (tertiary/aromatic N) is 1. The van der Waals surface area contributed by atoms with Gasteiger partial charge >= 0.3 is 5.97 Å². The van der Waals surface area contributed by atoms with E-state index in [1.54, 1.807) is 12.1 Å². The molecule has 0 unspecified atom stereocenters. The quantitative estimate of drug-likeness (QED) is 0.654. The Hall–Kier alpha value is -1.46. The highest BCUT2D eigenvalue weighted by atomic mass is 16.5. The lowest BCUT2D eigenvalue weighted by Gasteiger charge is -2.06. The zero-order valence-electron chi connectivity index (χ0n) is 10.7. The molecule has 2 N–H and O–H groups in total. The number of hydrogen-bond donors (Lipinski definition) is 2. The van der Waals surface area contributed by atoms with Crippen molar-refractivity contribution >= 4 is 5.97 Å². The van der Waals surface area contributed by atoms with Gasteiger partial charge in [-0.25, -0.2) is 9.78 Å². The van der Waals surface area contributed by atoms with E-state index in [9.17, 15) is 4.79 Å². The van der Waals surface area contributed by atoms with E-state index in [0.29, 0.717) is 13.2 Å². The third kappa shape index (κ3) is 5.75. The van der Waals surface area contributed by atoms with E-state index in [2.05, 4.69) is 17.2 Å². The highest BCUT2D eigenvalue weighted by Crippen LogP contribution is 1.99. The van der Waals surface area contributed by atoms with E-state index in [1.165, 1.54) is 6.07 Å². The summed E-state index contributed by atoms with van der Waals surface area (Å²) in [5.41, 5.74) is 0.803. The number of pyridine rings is 1. The molecule has 1 aromatic rings. The van der Waals surface area contributed by atoms with Gasteiger partial charge in [0.05, 0.1) is 12.3 Å². The molecule has 5 heteroatoms. The second-order valence-electron chi connectivity index (χ2n) is 3.96. The molecule has 0 aromatic carbocycles. The maximum atomic E-state index is 10.7. The van der Waals surface area contributed by atoms with Crippen LogP contribution in [0, 0.1) is 0 Å². The number of ether oxygens (including phenoxy) is 1. The first-order valence-electron chi connectivity index (χ1n) is 6.21. The highest BCUT2D eigenvalue weighted by molar-refractivity contribution is 5.85. The molecule has 0 saturated carbocycles. The average Bonchev–Trinajstić information content (AvgIpc) is 2.38. The van der Waals surface area contributed by atoms with Crippen molar-refractivity contribution in [3.8, 4) is 0 Å². The van der Waals surface area contributed by atoms with Crippen LogP contribution in [0.5, 0.6) is 0 Å². The molecule has 0 radical (unpaired) electrons. The molecular formula is C13H20N2O3. The zero-order chi connectivity index (χ0) is 13.2. The Morgan fingerprint density at radius 3 is 3.00 bits per heavy atom. The van der Waals surface area contributed by atoms with Gasteiger partial charge in [-0.2, -0.15) is 0 Å². The molecule has 0 aliphatic heterocycles. The third-order valence-electron chi connectivity index (χ3n) is 2.40. The number of aromatic carboxylic acids is 1. The first-order valence-corrected chi connectivity index (χ1v) is 6.21. The lowest BCUT2D eigenvalue weighted by atomic mass is 10.3. The molecule has 5 nitrogen and oxygen atoms in total. The van der Waals surface area contributed by atoms with Crippen LogP contribution in [-0.2, 0) is 11.3 Å².